The molecular weight excluding hydrogens is 422 g/mol. The average molecular weight is 454 g/mol. The normalized spacial score (nSPS) is 22.1. The number of para-hydroxylation sites is 1. The largest absolute Gasteiger partial charge is 0.368 e. The van der Waals surface area contributed by atoms with Gasteiger partial charge in [0.1, 0.15) is 5.82 Å². The summed E-state index contributed by atoms with van der Waals surface area (Å²) in [5, 5.41) is 1.21. The van der Waals surface area contributed by atoms with Crippen molar-refractivity contribution >= 4 is 34.6 Å². The molecule has 0 unspecified atom stereocenters. The highest BCUT2D eigenvalue weighted by molar-refractivity contribution is 7.99. The predicted octanol–water partition coefficient (Wildman–Crippen LogP) is 4.08. The van der Waals surface area contributed by atoms with Crippen LogP contribution in [0.15, 0.2) is 34.2 Å². The van der Waals surface area contributed by atoms with Gasteiger partial charge in [-0.2, -0.15) is 15.0 Å². The fourth-order valence-electron chi connectivity index (χ4n) is 4.41. The van der Waals surface area contributed by atoms with E-state index in [-0.39, 0.29) is 22.8 Å². The van der Waals surface area contributed by atoms with E-state index in [0.29, 0.717) is 39.7 Å². The molecule has 1 fully saturated rings. The van der Waals surface area contributed by atoms with Gasteiger partial charge < -0.3 is 10.6 Å². The molecule has 1 aliphatic carbocycles. The third kappa shape index (κ3) is 4.30. The Morgan fingerprint density at radius 3 is 2.62 bits per heavy atom. The number of nitrogen functional groups attached to an aromatic ring is 1. The van der Waals surface area contributed by atoms with Crippen LogP contribution in [0.25, 0.3) is 10.9 Å². The first kappa shape index (κ1) is 22.5. The Morgan fingerprint density at radius 2 is 1.88 bits per heavy atom. The van der Waals surface area contributed by atoms with E-state index in [1.165, 1.54) is 18.2 Å². The number of hydrogen-bond acceptors (Lipinski definition) is 8. The number of hydrogen-bond donors (Lipinski definition) is 1. The summed E-state index contributed by atoms with van der Waals surface area (Å²) in [4.78, 5) is 33.5. The first-order valence-corrected chi connectivity index (χ1v) is 12.0. The van der Waals surface area contributed by atoms with Gasteiger partial charge in [-0.3, -0.25) is 9.36 Å². The molecule has 1 saturated carbocycles. The maximum absolute atomic E-state index is 13.7. The molecule has 0 saturated heterocycles. The number of aromatic nitrogens is 5. The smallest absolute Gasteiger partial charge is 0.262 e. The fourth-order valence-corrected chi connectivity index (χ4v) is 5.42. The molecule has 170 valence electrons. The highest BCUT2D eigenvalue weighted by Crippen LogP contribution is 2.41. The van der Waals surface area contributed by atoms with Gasteiger partial charge in [-0.15, -0.1) is 0 Å². The zero-order chi connectivity index (χ0) is 23.0. The lowest BCUT2D eigenvalue weighted by Gasteiger charge is -2.36. The molecular formula is C23H31N7OS. The summed E-state index contributed by atoms with van der Waals surface area (Å²) in [5.74, 6) is 2.23. The number of fused-ring (bicyclic) bond motifs is 1. The zero-order valence-electron chi connectivity index (χ0n) is 19.3. The molecule has 0 bridgehead atoms. The number of nitrogens with zero attached hydrogens (tertiary/aromatic N) is 6. The summed E-state index contributed by atoms with van der Waals surface area (Å²) in [5.41, 5.74) is 6.68. The van der Waals surface area contributed by atoms with Gasteiger partial charge in [0.15, 0.2) is 5.16 Å². The molecule has 8 nitrogen and oxygen atoms in total. The molecule has 2 heterocycles. The summed E-state index contributed by atoms with van der Waals surface area (Å²) in [6, 6.07) is 7.70. The second kappa shape index (κ2) is 9.05. The van der Waals surface area contributed by atoms with Crippen molar-refractivity contribution < 1.29 is 0 Å². The number of nitrogens with two attached hydrogens (primary N) is 1. The Balaban J connectivity index is 1.80. The van der Waals surface area contributed by atoms with Crippen molar-refractivity contribution in [1.82, 2.24) is 24.5 Å². The standard InChI is InChI=1S/C23H31N7OS/c1-13-9-8-12-18(14(13)2)30-20(31)16-10-6-7-11-17(16)25-23(30)32-15(3)19-26-21(24)28-22(27-19)29(4)5/h6-7,10-11,13-15,18H,8-9,12H2,1-5H3,(H2,24,26,27,28)/t13-,14-,15+,18-/m1/s1. The molecule has 4 atom stereocenters. The van der Waals surface area contributed by atoms with Crippen LogP contribution in [0.1, 0.15) is 57.1 Å². The Kier molecular flexibility index (Phi) is 6.37. The molecule has 9 heteroatoms. The van der Waals surface area contributed by atoms with Crippen LogP contribution in [0.5, 0.6) is 0 Å². The third-order valence-electron chi connectivity index (χ3n) is 6.47. The highest BCUT2D eigenvalue weighted by Gasteiger charge is 2.32. The lowest BCUT2D eigenvalue weighted by Crippen LogP contribution is -2.35. The highest BCUT2D eigenvalue weighted by atomic mass is 32.2. The molecule has 32 heavy (non-hydrogen) atoms. The summed E-state index contributed by atoms with van der Waals surface area (Å²) >= 11 is 1.50. The monoisotopic (exact) mass is 453 g/mol. The van der Waals surface area contributed by atoms with Crippen molar-refractivity contribution in [3.63, 3.8) is 0 Å². The summed E-state index contributed by atoms with van der Waals surface area (Å²) < 4.78 is 1.93. The Morgan fingerprint density at radius 1 is 1.12 bits per heavy atom. The topological polar surface area (TPSA) is 103 Å². The molecule has 4 rings (SSSR count). The molecule has 1 aliphatic rings. The van der Waals surface area contributed by atoms with Crippen molar-refractivity contribution in [2.24, 2.45) is 11.8 Å². The molecule has 0 amide bonds. The SMILES string of the molecule is C[C@@H]1[C@H](C)CCC[C@H]1n1c(S[C@@H](C)c2nc(N)nc(N(C)C)n2)nc2ccccc2c1=O. The minimum Gasteiger partial charge on any atom is -0.368 e. The Bertz CT molecular complexity index is 1180. The minimum atomic E-state index is -0.158. The minimum absolute atomic E-state index is 0.0281. The van der Waals surface area contributed by atoms with Crippen LogP contribution in [0, 0.1) is 11.8 Å². The summed E-state index contributed by atoms with van der Waals surface area (Å²) in [7, 11) is 3.73. The number of rotatable bonds is 5. The van der Waals surface area contributed by atoms with Crippen molar-refractivity contribution in [2.45, 2.75) is 56.5 Å². The lowest BCUT2D eigenvalue weighted by molar-refractivity contribution is 0.173. The number of thioether (sulfide) groups is 1. The van der Waals surface area contributed by atoms with E-state index in [4.69, 9.17) is 10.7 Å². The van der Waals surface area contributed by atoms with Gasteiger partial charge in [0.05, 0.1) is 16.2 Å². The van der Waals surface area contributed by atoms with E-state index < -0.39 is 0 Å². The molecule has 0 radical (unpaired) electrons. The number of benzene rings is 1. The van der Waals surface area contributed by atoms with Gasteiger partial charge in [-0.25, -0.2) is 4.98 Å². The van der Waals surface area contributed by atoms with Crippen molar-refractivity contribution in [3.8, 4) is 0 Å². The average Bonchev–Trinajstić information content (AvgIpc) is 2.76. The Labute approximate surface area is 192 Å². The quantitative estimate of drug-likeness (QED) is 0.455. The first-order chi connectivity index (χ1) is 15.3. The van der Waals surface area contributed by atoms with E-state index in [0.717, 1.165) is 12.8 Å². The van der Waals surface area contributed by atoms with Crippen LogP contribution in [0.4, 0.5) is 11.9 Å². The molecule has 3 aromatic rings. The van der Waals surface area contributed by atoms with E-state index >= 15 is 0 Å². The van der Waals surface area contributed by atoms with Gasteiger partial charge in [-0.1, -0.05) is 50.6 Å². The molecule has 2 N–H and O–H groups in total. The molecule has 1 aromatic carbocycles. The summed E-state index contributed by atoms with van der Waals surface area (Å²) in [6.45, 7) is 6.55. The summed E-state index contributed by atoms with van der Waals surface area (Å²) in [6.07, 6.45) is 3.30. The fraction of sp³-hybridized carbons (Fsp3) is 0.522. The maximum Gasteiger partial charge on any atom is 0.262 e. The maximum atomic E-state index is 13.7. The van der Waals surface area contributed by atoms with Gasteiger partial charge in [0, 0.05) is 20.1 Å². The lowest BCUT2D eigenvalue weighted by atomic mass is 9.78. The van der Waals surface area contributed by atoms with Crippen LogP contribution in [0.3, 0.4) is 0 Å². The van der Waals surface area contributed by atoms with E-state index in [1.807, 2.05) is 49.9 Å². The second-order valence-electron chi connectivity index (χ2n) is 8.93. The first-order valence-electron chi connectivity index (χ1n) is 11.1. The van der Waals surface area contributed by atoms with Crippen molar-refractivity contribution in [1.29, 1.82) is 0 Å². The molecule has 2 aromatic heterocycles. The van der Waals surface area contributed by atoms with Gasteiger partial charge in [0.25, 0.3) is 5.56 Å². The number of anilines is 2. The van der Waals surface area contributed by atoms with Crippen molar-refractivity contribution in [2.75, 3.05) is 24.7 Å². The van der Waals surface area contributed by atoms with Crippen LogP contribution in [-0.2, 0) is 0 Å². The second-order valence-corrected chi connectivity index (χ2v) is 10.2. The van der Waals surface area contributed by atoms with Crippen LogP contribution < -0.4 is 16.2 Å². The van der Waals surface area contributed by atoms with E-state index in [2.05, 4.69) is 28.8 Å². The Hall–Kier alpha value is -2.68. The van der Waals surface area contributed by atoms with Crippen LogP contribution in [-0.4, -0.2) is 38.6 Å². The van der Waals surface area contributed by atoms with Gasteiger partial charge in [-0.05, 0) is 37.3 Å². The van der Waals surface area contributed by atoms with E-state index in [1.54, 1.807) is 4.90 Å². The van der Waals surface area contributed by atoms with E-state index in [9.17, 15) is 4.79 Å². The molecule has 0 spiro atoms. The van der Waals surface area contributed by atoms with Crippen LogP contribution in [0.2, 0.25) is 0 Å². The predicted molar refractivity (Wildman–Crippen MR) is 130 cm³/mol. The zero-order valence-corrected chi connectivity index (χ0v) is 20.1. The third-order valence-corrected chi connectivity index (χ3v) is 7.54. The van der Waals surface area contributed by atoms with Gasteiger partial charge >= 0.3 is 0 Å². The van der Waals surface area contributed by atoms with Crippen LogP contribution >= 0.6 is 11.8 Å². The molecule has 0 aliphatic heterocycles. The van der Waals surface area contributed by atoms with Gasteiger partial charge in [0.2, 0.25) is 11.9 Å². The van der Waals surface area contributed by atoms with Crippen molar-refractivity contribution in [3.05, 3.63) is 40.4 Å².